The van der Waals surface area contributed by atoms with Crippen LogP contribution in [0.1, 0.15) is 25.0 Å². The molecule has 0 fully saturated rings. The molecule has 3 nitrogen and oxygen atoms in total. The summed E-state index contributed by atoms with van der Waals surface area (Å²) in [5.74, 6) is 0. The van der Waals surface area contributed by atoms with Crippen molar-refractivity contribution in [2.75, 3.05) is 0 Å². The maximum Gasteiger partial charge on any atom is 0.0971 e. The van der Waals surface area contributed by atoms with Gasteiger partial charge in [0.25, 0.3) is 0 Å². The number of benzene rings is 10. The summed E-state index contributed by atoms with van der Waals surface area (Å²) in [6, 6.07) is 73.7. The highest BCUT2D eigenvalue weighted by Gasteiger charge is 2.36. The van der Waals surface area contributed by atoms with Gasteiger partial charge >= 0.3 is 0 Å². The molecular weight excluding hydrogens is 775 g/mol. The van der Waals surface area contributed by atoms with Gasteiger partial charge in [0.15, 0.2) is 0 Å². The SMILES string of the molecule is CC1(C)c2cc(-c3ccc(-c4cccc(-c5ccc6c7ccccc7c7nccnc7c6c5)c4)cc3)ccc2-c2ccc(-c3ccc4c(c3)c3ccccc3n4-c3ccccc3)cc21. The number of fused-ring (bicyclic) bond motifs is 12. The first kappa shape index (κ1) is 36.5. The van der Waals surface area contributed by atoms with Crippen molar-refractivity contribution in [2.24, 2.45) is 0 Å². The molecule has 0 unspecified atom stereocenters. The van der Waals surface area contributed by atoms with E-state index in [0.29, 0.717) is 0 Å². The summed E-state index contributed by atoms with van der Waals surface area (Å²) < 4.78 is 2.38. The molecule has 1 aliphatic carbocycles. The van der Waals surface area contributed by atoms with Crippen LogP contribution in [0.25, 0.3) is 116 Å². The lowest BCUT2D eigenvalue weighted by molar-refractivity contribution is 0.661. The second kappa shape index (κ2) is 13.9. The van der Waals surface area contributed by atoms with Gasteiger partial charge in [0.05, 0.1) is 22.1 Å². The quantitative estimate of drug-likeness (QED) is 0.162. The Morgan fingerprint density at radius 2 is 0.797 bits per heavy atom. The summed E-state index contributed by atoms with van der Waals surface area (Å²) in [5, 5.41) is 7.19. The number of rotatable bonds is 5. The molecule has 2 heterocycles. The van der Waals surface area contributed by atoms with Gasteiger partial charge in [-0.1, -0.05) is 159 Å². The van der Waals surface area contributed by atoms with Gasteiger partial charge in [0, 0.05) is 45.0 Å². The molecule has 0 N–H and O–H groups in total. The Morgan fingerprint density at radius 3 is 1.50 bits per heavy atom. The minimum absolute atomic E-state index is 0.154. The van der Waals surface area contributed by atoms with Crippen LogP contribution < -0.4 is 0 Å². The molecular formula is C61H41N3. The number of hydrogen-bond acceptors (Lipinski definition) is 2. The van der Waals surface area contributed by atoms with Crippen molar-refractivity contribution in [3.63, 3.8) is 0 Å². The molecule has 0 radical (unpaired) electrons. The molecule has 64 heavy (non-hydrogen) atoms. The standard InChI is InChI=1S/C61H41N3/c1-61(2)55-36-44(24-28-49(55)50-29-25-45(37-56(50)61)43-26-30-58-53(34-43)51-16-8-9-18-57(51)64(58)46-13-4-3-5-14-46)39-21-19-38(20-22-39)40-11-10-12-41(33-40)42-23-27-48-47-15-6-7-17-52(47)59-60(54(48)35-42)63-32-31-62-59/h3-37H,1-2H3. The van der Waals surface area contributed by atoms with E-state index in [1.54, 1.807) is 12.4 Å². The van der Waals surface area contributed by atoms with Crippen molar-refractivity contribution in [2.45, 2.75) is 19.3 Å². The molecule has 300 valence electrons. The summed E-state index contributed by atoms with van der Waals surface area (Å²) in [7, 11) is 0. The van der Waals surface area contributed by atoms with E-state index in [2.05, 4.69) is 219 Å². The van der Waals surface area contributed by atoms with Gasteiger partial charge in [-0.2, -0.15) is 0 Å². The highest BCUT2D eigenvalue weighted by atomic mass is 15.0. The van der Waals surface area contributed by atoms with Crippen LogP contribution in [0, 0.1) is 0 Å². The largest absolute Gasteiger partial charge is 0.309 e. The molecule has 0 amide bonds. The molecule has 2 aromatic heterocycles. The molecule has 13 rings (SSSR count). The lowest BCUT2D eigenvalue weighted by Crippen LogP contribution is -2.15. The predicted octanol–water partition coefficient (Wildman–Crippen LogP) is 16.0. The molecule has 0 saturated heterocycles. The van der Waals surface area contributed by atoms with Crippen LogP contribution in [0.4, 0.5) is 0 Å². The fraction of sp³-hybridized carbons (Fsp3) is 0.0492. The van der Waals surface area contributed by atoms with E-state index in [-0.39, 0.29) is 5.41 Å². The third-order valence-corrected chi connectivity index (χ3v) is 13.9. The average Bonchev–Trinajstić information content (AvgIpc) is 3.81. The first-order chi connectivity index (χ1) is 31.5. The van der Waals surface area contributed by atoms with Crippen molar-refractivity contribution in [3.8, 4) is 61.3 Å². The zero-order valence-corrected chi connectivity index (χ0v) is 35.5. The van der Waals surface area contributed by atoms with Crippen molar-refractivity contribution >= 4 is 54.4 Å². The van der Waals surface area contributed by atoms with Gasteiger partial charge in [-0.25, -0.2) is 0 Å². The van der Waals surface area contributed by atoms with Crippen LogP contribution in [0.5, 0.6) is 0 Å². The Hall–Kier alpha value is -8.14. The van der Waals surface area contributed by atoms with Gasteiger partial charge in [-0.05, 0) is 132 Å². The van der Waals surface area contributed by atoms with E-state index >= 15 is 0 Å². The fourth-order valence-corrected chi connectivity index (χ4v) is 10.6. The monoisotopic (exact) mass is 815 g/mol. The van der Waals surface area contributed by atoms with Gasteiger partial charge in [-0.15, -0.1) is 0 Å². The summed E-state index contributed by atoms with van der Waals surface area (Å²) in [4.78, 5) is 9.56. The van der Waals surface area contributed by atoms with Crippen LogP contribution in [-0.2, 0) is 5.41 Å². The van der Waals surface area contributed by atoms with Gasteiger partial charge < -0.3 is 4.57 Å². The third kappa shape index (κ3) is 5.54. The van der Waals surface area contributed by atoms with Crippen LogP contribution in [-0.4, -0.2) is 14.5 Å². The third-order valence-electron chi connectivity index (χ3n) is 13.9. The van der Waals surface area contributed by atoms with E-state index in [9.17, 15) is 0 Å². The summed E-state index contributed by atoms with van der Waals surface area (Å²) >= 11 is 0. The lowest BCUT2D eigenvalue weighted by atomic mass is 9.80. The second-order valence-corrected chi connectivity index (χ2v) is 17.8. The second-order valence-electron chi connectivity index (χ2n) is 17.8. The van der Waals surface area contributed by atoms with Crippen molar-refractivity contribution < 1.29 is 0 Å². The van der Waals surface area contributed by atoms with Gasteiger partial charge in [0.1, 0.15) is 0 Å². The van der Waals surface area contributed by atoms with E-state index in [1.807, 2.05) is 0 Å². The molecule has 0 atom stereocenters. The van der Waals surface area contributed by atoms with E-state index in [1.165, 1.54) is 99.5 Å². The van der Waals surface area contributed by atoms with Crippen LogP contribution in [0.3, 0.4) is 0 Å². The molecule has 0 spiro atoms. The normalized spacial score (nSPS) is 13.0. The molecule has 3 heteroatoms. The highest BCUT2D eigenvalue weighted by Crippen LogP contribution is 2.51. The Balaban J connectivity index is 0.805. The molecule has 10 aromatic carbocycles. The Labute approximate surface area is 371 Å². The van der Waals surface area contributed by atoms with Crippen molar-refractivity contribution in [1.29, 1.82) is 0 Å². The van der Waals surface area contributed by atoms with Gasteiger partial charge in [-0.3, -0.25) is 9.97 Å². The molecule has 0 saturated carbocycles. The molecule has 0 bridgehead atoms. The van der Waals surface area contributed by atoms with E-state index in [4.69, 9.17) is 9.97 Å². The number of para-hydroxylation sites is 2. The lowest BCUT2D eigenvalue weighted by Gasteiger charge is -2.22. The topological polar surface area (TPSA) is 30.7 Å². The first-order valence-corrected chi connectivity index (χ1v) is 22.1. The van der Waals surface area contributed by atoms with Crippen molar-refractivity contribution in [3.05, 3.63) is 224 Å². The first-order valence-electron chi connectivity index (χ1n) is 22.1. The minimum Gasteiger partial charge on any atom is -0.309 e. The maximum absolute atomic E-state index is 4.81. The Bertz CT molecular complexity index is 3820. The fourth-order valence-electron chi connectivity index (χ4n) is 10.6. The van der Waals surface area contributed by atoms with Gasteiger partial charge in [0.2, 0.25) is 0 Å². The molecule has 12 aromatic rings. The Morgan fingerprint density at radius 1 is 0.328 bits per heavy atom. The van der Waals surface area contributed by atoms with E-state index < -0.39 is 0 Å². The van der Waals surface area contributed by atoms with Crippen molar-refractivity contribution in [1.82, 2.24) is 14.5 Å². The highest BCUT2D eigenvalue weighted by molar-refractivity contribution is 6.23. The number of hydrogen-bond donors (Lipinski definition) is 0. The molecule has 0 aliphatic heterocycles. The van der Waals surface area contributed by atoms with Crippen LogP contribution >= 0.6 is 0 Å². The zero-order valence-electron chi connectivity index (χ0n) is 35.5. The average molecular weight is 816 g/mol. The number of aromatic nitrogens is 3. The summed E-state index contributed by atoms with van der Waals surface area (Å²) in [6.07, 6.45) is 3.58. The van der Waals surface area contributed by atoms with E-state index in [0.717, 1.165) is 27.4 Å². The predicted molar refractivity (Wildman–Crippen MR) is 268 cm³/mol. The minimum atomic E-state index is -0.154. The zero-order chi connectivity index (χ0) is 42.5. The van der Waals surface area contributed by atoms with Crippen LogP contribution in [0.2, 0.25) is 0 Å². The smallest absolute Gasteiger partial charge is 0.0971 e. The Kier molecular flexibility index (Phi) is 7.95. The number of nitrogens with zero attached hydrogens (tertiary/aromatic N) is 3. The molecule has 1 aliphatic rings. The van der Waals surface area contributed by atoms with Crippen LogP contribution in [0.15, 0.2) is 213 Å². The maximum atomic E-state index is 4.81. The summed E-state index contributed by atoms with van der Waals surface area (Å²) in [5.41, 5.74) is 20.4. The summed E-state index contributed by atoms with van der Waals surface area (Å²) in [6.45, 7) is 4.76.